The maximum atomic E-state index is 12.7. The molecule has 3 amide bonds. The molecule has 150 valence electrons. The van der Waals surface area contributed by atoms with E-state index in [4.69, 9.17) is 0 Å². The molecule has 5 nitrogen and oxygen atoms in total. The number of piperidine rings is 1. The molecule has 1 aromatic carbocycles. The third-order valence-corrected chi connectivity index (χ3v) is 4.51. The molecule has 0 spiro atoms. The van der Waals surface area contributed by atoms with Gasteiger partial charge in [0.2, 0.25) is 5.91 Å². The van der Waals surface area contributed by atoms with Crippen LogP contribution in [0.4, 0.5) is 18.0 Å². The van der Waals surface area contributed by atoms with E-state index >= 15 is 0 Å². The van der Waals surface area contributed by atoms with Gasteiger partial charge in [0.1, 0.15) is 0 Å². The minimum absolute atomic E-state index is 0.0286. The number of imide groups is 1. The van der Waals surface area contributed by atoms with Crippen LogP contribution in [-0.2, 0) is 11.0 Å². The van der Waals surface area contributed by atoms with E-state index in [1.807, 2.05) is 18.7 Å². The topological polar surface area (TPSA) is 61.4 Å². The quantitative estimate of drug-likeness (QED) is 0.812. The summed E-state index contributed by atoms with van der Waals surface area (Å²) in [4.78, 5) is 25.8. The molecule has 2 N–H and O–H groups in total. The van der Waals surface area contributed by atoms with Crippen LogP contribution in [0.15, 0.2) is 24.3 Å². The smallest absolute Gasteiger partial charge is 0.338 e. The largest absolute Gasteiger partial charge is 0.416 e. The highest BCUT2D eigenvalue weighted by atomic mass is 19.4. The minimum Gasteiger partial charge on any atom is -0.338 e. The Kier molecular flexibility index (Phi) is 7.24. The van der Waals surface area contributed by atoms with E-state index in [1.165, 1.54) is 12.1 Å². The summed E-state index contributed by atoms with van der Waals surface area (Å²) < 4.78 is 38.2. The number of amides is 3. The van der Waals surface area contributed by atoms with Crippen molar-refractivity contribution in [2.24, 2.45) is 5.92 Å². The standard InChI is InChI=1S/C19H26F3N3O2/c1-13(2)11-23-18(27)24-17(26)12-25-10-4-3-5-16(25)14-6-8-15(9-7-14)19(20,21)22/h6-9,13,16H,3-5,10-12H2,1-2H3,(H2,23,24,26,27). The number of nitrogens with zero attached hydrogens (tertiary/aromatic N) is 1. The van der Waals surface area contributed by atoms with E-state index in [1.54, 1.807) is 0 Å². The zero-order valence-corrected chi connectivity index (χ0v) is 15.6. The molecule has 1 aliphatic rings. The summed E-state index contributed by atoms with van der Waals surface area (Å²) in [6.45, 7) is 5.06. The lowest BCUT2D eigenvalue weighted by Crippen LogP contribution is -2.47. The highest BCUT2D eigenvalue weighted by Crippen LogP contribution is 2.34. The first-order chi connectivity index (χ1) is 12.7. The van der Waals surface area contributed by atoms with E-state index in [2.05, 4.69) is 10.6 Å². The summed E-state index contributed by atoms with van der Waals surface area (Å²) >= 11 is 0. The number of urea groups is 1. The summed E-state index contributed by atoms with van der Waals surface area (Å²) in [6, 6.07) is 4.42. The van der Waals surface area contributed by atoms with Gasteiger partial charge in [-0.2, -0.15) is 13.2 Å². The average molecular weight is 385 g/mol. The van der Waals surface area contributed by atoms with E-state index in [9.17, 15) is 22.8 Å². The van der Waals surface area contributed by atoms with Crippen LogP contribution < -0.4 is 10.6 Å². The molecule has 0 radical (unpaired) electrons. The monoisotopic (exact) mass is 385 g/mol. The molecule has 0 aliphatic carbocycles. The van der Waals surface area contributed by atoms with Crippen LogP contribution in [0.25, 0.3) is 0 Å². The van der Waals surface area contributed by atoms with Gasteiger partial charge in [0.25, 0.3) is 0 Å². The van der Waals surface area contributed by atoms with Crippen molar-refractivity contribution in [3.8, 4) is 0 Å². The Hall–Kier alpha value is -2.09. The van der Waals surface area contributed by atoms with E-state index in [0.717, 1.165) is 37.0 Å². The van der Waals surface area contributed by atoms with E-state index < -0.39 is 23.7 Å². The molecule has 0 saturated carbocycles. The Balaban J connectivity index is 1.98. The molecule has 2 rings (SSSR count). The van der Waals surface area contributed by atoms with Crippen LogP contribution >= 0.6 is 0 Å². The Morgan fingerprint density at radius 3 is 2.44 bits per heavy atom. The summed E-state index contributed by atoms with van der Waals surface area (Å²) in [5.74, 6) is -0.146. The van der Waals surface area contributed by atoms with Crippen LogP contribution in [0.5, 0.6) is 0 Å². The van der Waals surface area contributed by atoms with Crippen LogP contribution in [-0.4, -0.2) is 36.5 Å². The van der Waals surface area contributed by atoms with Gasteiger partial charge in [0.05, 0.1) is 12.1 Å². The van der Waals surface area contributed by atoms with Crippen molar-refractivity contribution >= 4 is 11.9 Å². The van der Waals surface area contributed by atoms with Gasteiger partial charge in [-0.3, -0.25) is 15.0 Å². The zero-order valence-electron chi connectivity index (χ0n) is 15.6. The second kappa shape index (κ2) is 9.21. The SMILES string of the molecule is CC(C)CNC(=O)NC(=O)CN1CCCCC1c1ccc(C(F)(F)F)cc1. The number of likely N-dealkylation sites (tertiary alicyclic amines) is 1. The second-order valence-electron chi connectivity index (χ2n) is 7.25. The average Bonchev–Trinajstić information content (AvgIpc) is 2.60. The molecule has 1 atom stereocenters. The number of halogens is 3. The van der Waals surface area contributed by atoms with Crippen molar-refractivity contribution in [2.45, 2.75) is 45.3 Å². The molecule has 8 heteroatoms. The van der Waals surface area contributed by atoms with Crippen molar-refractivity contribution in [1.29, 1.82) is 0 Å². The van der Waals surface area contributed by atoms with Gasteiger partial charge in [-0.25, -0.2) is 4.79 Å². The highest BCUT2D eigenvalue weighted by Gasteiger charge is 2.31. The molecule has 1 aromatic rings. The van der Waals surface area contributed by atoms with Gasteiger partial charge in [-0.05, 0) is 43.0 Å². The fraction of sp³-hybridized carbons (Fsp3) is 0.579. The zero-order chi connectivity index (χ0) is 20.0. The molecule has 1 unspecified atom stereocenters. The molecule has 1 heterocycles. The summed E-state index contributed by atoms with van der Waals surface area (Å²) in [5.41, 5.74) is 0.0629. The number of nitrogens with one attached hydrogen (secondary N) is 2. The van der Waals surface area contributed by atoms with Gasteiger partial charge >= 0.3 is 12.2 Å². The van der Waals surface area contributed by atoms with Gasteiger partial charge in [0, 0.05) is 12.6 Å². The number of alkyl halides is 3. The number of benzene rings is 1. The number of hydrogen-bond donors (Lipinski definition) is 2. The number of hydrogen-bond acceptors (Lipinski definition) is 3. The molecule has 0 bridgehead atoms. The van der Waals surface area contributed by atoms with E-state index in [-0.39, 0.29) is 18.5 Å². The lowest BCUT2D eigenvalue weighted by atomic mass is 9.94. The third kappa shape index (κ3) is 6.53. The molecule has 1 fully saturated rings. The van der Waals surface area contributed by atoms with Gasteiger partial charge in [-0.1, -0.05) is 32.4 Å². The molecule has 27 heavy (non-hydrogen) atoms. The van der Waals surface area contributed by atoms with Crippen LogP contribution in [0.1, 0.15) is 50.3 Å². The lowest BCUT2D eigenvalue weighted by Gasteiger charge is -2.35. The van der Waals surface area contributed by atoms with Crippen molar-refractivity contribution in [1.82, 2.24) is 15.5 Å². The maximum absolute atomic E-state index is 12.7. The third-order valence-electron chi connectivity index (χ3n) is 4.51. The number of carbonyl (C=O) groups excluding carboxylic acids is 2. The first kappa shape index (κ1) is 21.2. The first-order valence-electron chi connectivity index (χ1n) is 9.15. The summed E-state index contributed by atoms with van der Waals surface area (Å²) in [7, 11) is 0. The number of carbonyl (C=O) groups is 2. The Bertz CT molecular complexity index is 645. The van der Waals surface area contributed by atoms with Crippen molar-refractivity contribution in [2.75, 3.05) is 19.6 Å². The Morgan fingerprint density at radius 2 is 1.85 bits per heavy atom. The molecule has 1 aliphatic heterocycles. The van der Waals surface area contributed by atoms with Crippen molar-refractivity contribution in [3.05, 3.63) is 35.4 Å². The normalized spacial score (nSPS) is 18.4. The predicted molar refractivity (Wildman–Crippen MR) is 96.0 cm³/mol. The van der Waals surface area contributed by atoms with Crippen LogP contribution in [0.3, 0.4) is 0 Å². The fourth-order valence-corrected chi connectivity index (χ4v) is 3.14. The molecule has 0 aromatic heterocycles. The van der Waals surface area contributed by atoms with Crippen molar-refractivity contribution < 1.29 is 22.8 Å². The second-order valence-corrected chi connectivity index (χ2v) is 7.25. The summed E-state index contributed by atoms with van der Waals surface area (Å²) in [5, 5.41) is 4.92. The van der Waals surface area contributed by atoms with Gasteiger partial charge in [0.15, 0.2) is 0 Å². The van der Waals surface area contributed by atoms with Crippen molar-refractivity contribution in [3.63, 3.8) is 0 Å². The van der Waals surface area contributed by atoms with Gasteiger partial charge in [-0.15, -0.1) is 0 Å². The maximum Gasteiger partial charge on any atom is 0.416 e. The predicted octanol–water partition coefficient (Wildman–Crippen LogP) is 3.71. The first-order valence-corrected chi connectivity index (χ1v) is 9.15. The van der Waals surface area contributed by atoms with E-state index in [0.29, 0.717) is 13.1 Å². The molecule has 1 saturated heterocycles. The Labute approximate surface area is 157 Å². The molecular weight excluding hydrogens is 359 g/mol. The Morgan fingerprint density at radius 1 is 1.19 bits per heavy atom. The van der Waals surface area contributed by atoms with Gasteiger partial charge < -0.3 is 5.32 Å². The molecular formula is C19H26F3N3O2. The summed E-state index contributed by atoms with van der Waals surface area (Å²) in [6.07, 6.45) is -1.76. The minimum atomic E-state index is -4.37. The number of rotatable bonds is 5. The van der Waals surface area contributed by atoms with Crippen LogP contribution in [0, 0.1) is 5.92 Å². The lowest BCUT2D eigenvalue weighted by molar-refractivity contribution is -0.137. The fourth-order valence-electron chi connectivity index (χ4n) is 3.14. The van der Waals surface area contributed by atoms with Crippen LogP contribution in [0.2, 0.25) is 0 Å². The highest BCUT2D eigenvalue weighted by molar-refractivity contribution is 5.95.